The Hall–Kier alpha value is -3.25. The third-order valence-electron chi connectivity index (χ3n) is 4.34. The number of ether oxygens (including phenoxy) is 2. The van der Waals surface area contributed by atoms with Gasteiger partial charge < -0.3 is 14.8 Å². The van der Waals surface area contributed by atoms with E-state index < -0.39 is 18.0 Å². The van der Waals surface area contributed by atoms with Gasteiger partial charge in [-0.25, -0.2) is 4.79 Å². The van der Waals surface area contributed by atoms with E-state index in [4.69, 9.17) is 9.47 Å². The van der Waals surface area contributed by atoms with Crippen molar-refractivity contribution in [2.24, 2.45) is 0 Å². The first-order chi connectivity index (χ1) is 14.6. The fourth-order valence-corrected chi connectivity index (χ4v) is 3.26. The molecule has 0 spiro atoms. The molecule has 0 aromatic heterocycles. The minimum absolute atomic E-state index is 0.385. The first-order valence-corrected chi connectivity index (χ1v) is 10.8. The summed E-state index contributed by atoms with van der Waals surface area (Å²) in [5.41, 5.74) is 1.49. The number of carbonyl (C=O) groups is 2. The van der Waals surface area contributed by atoms with Gasteiger partial charge in [-0.05, 0) is 49.6 Å². The Morgan fingerprint density at radius 2 is 1.60 bits per heavy atom. The van der Waals surface area contributed by atoms with Gasteiger partial charge in [0.2, 0.25) is 6.10 Å². The Morgan fingerprint density at radius 1 is 0.933 bits per heavy atom. The zero-order chi connectivity index (χ0) is 21.3. The predicted octanol–water partition coefficient (Wildman–Crippen LogP) is 5.34. The fraction of sp³-hybridized carbons (Fsp3) is 0.167. The minimum atomic E-state index is -1.10. The average molecular weight is 422 g/mol. The van der Waals surface area contributed by atoms with E-state index in [9.17, 15) is 9.59 Å². The van der Waals surface area contributed by atoms with Crippen LogP contribution in [0.15, 0.2) is 83.8 Å². The van der Waals surface area contributed by atoms with Crippen molar-refractivity contribution in [2.45, 2.75) is 17.9 Å². The molecule has 0 heterocycles. The van der Waals surface area contributed by atoms with Crippen molar-refractivity contribution in [3.63, 3.8) is 0 Å². The van der Waals surface area contributed by atoms with E-state index in [-0.39, 0.29) is 0 Å². The number of thioether (sulfide) groups is 1. The van der Waals surface area contributed by atoms with Gasteiger partial charge in [-0.1, -0.05) is 42.5 Å². The Morgan fingerprint density at radius 3 is 2.27 bits per heavy atom. The molecule has 0 unspecified atom stereocenters. The number of para-hydroxylation sites is 2. The van der Waals surface area contributed by atoms with E-state index in [2.05, 4.69) is 5.32 Å². The number of amides is 1. The maximum atomic E-state index is 13.1. The third-order valence-corrected chi connectivity index (χ3v) is 5.08. The van der Waals surface area contributed by atoms with Crippen LogP contribution in [0.3, 0.4) is 0 Å². The van der Waals surface area contributed by atoms with E-state index in [1.54, 1.807) is 66.4 Å². The number of anilines is 1. The lowest BCUT2D eigenvalue weighted by Crippen LogP contribution is -2.26. The molecule has 1 N–H and O–H groups in total. The van der Waals surface area contributed by atoms with E-state index in [0.717, 1.165) is 4.90 Å². The van der Waals surface area contributed by atoms with E-state index >= 15 is 0 Å². The van der Waals surface area contributed by atoms with Gasteiger partial charge in [0.15, 0.2) is 0 Å². The summed E-state index contributed by atoms with van der Waals surface area (Å²) in [7, 11) is 0. The normalized spacial score (nSPS) is 11.4. The van der Waals surface area contributed by atoms with Gasteiger partial charge in [0.25, 0.3) is 5.91 Å². The summed E-state index contributed by atoms with van der Waals surface area (Å²) in [5.74, 6) is -0.466. The van der Waals surface area contributed by atoms with Crippen LogP contribution in [0.2, 0.25) is 0 Å². The molecule has 0 fully saturated rings. The number of hydrogen-bond acceptors (Lipinski definition) is 5. The molecular weight excluding hydrogens is 398 g/mol. The van der Waals surface area contributed by atoms with Gasteiger partial charge in [-0.2, -0.15) is 0 Å². The second-order valence-corrected chi connectivity index (χ2v) is 7.22. The number of rotatable bonds is 8. The van der Waals surface area contributed by atoms with E-state index in [1.807, 2.05) is 37.4 Å². The largest absolute Gasteiger partial charge is 0.492 e. The molecule has 0 aliphatic heterocycles. The van der Waals surface area contributed by atoms with Gasteiger partial charge in [-0.15, -0.1) is 11.8 Å². The summed E-state index contributed by atoms with van der Waals surface area (Å²) >= 11 is 1.58. The van der Waals surface area contributed by atoms with E-state index in [0.29, 0.717) is 29.2 Å². The molecule has 3 aromatic rings. The second-order valence-electron chi connectivity index (χ2n) is 6.34. The molecule has 0 bridgehead atoms. The van der Waals surface area contributed by atoms with Crippen LogP contribution in [0.25, 0.3) is 0 Å². The lowest BCUT2D eigenvalue weighted by molar-refractivity contribution is -0.125. The number of carbonyl (C=O) groups excluding carboxylic acids is 2. The van der Waals surface area contributed by atoms with Crippen LogP contribution in [0.4, 0.5) is 5.69 Å². The predicted molar refractivity (Wildman–Crippen MR) is 119 cm³/mol. The first kappa shape index (κ1) is 21.5. The Balaban J connectivity index is 1.84. The summed E-state index contributed by atoms with van der Waals surface area (Å²) in [6.07, 6.45) is 0.858. The minimum Gasteiger partial charge on any atom is -0.492 e. The molecule has 154 valence electrons. The van der Waals surface area contributed by atoms with Gasteiger partial charge in [0.05, 0.1) is 17.9 Å². The number of nitrogens with one attached hydrogen (secondary N) is 1. The Labute approximate surface area is 180 Å². The molecule has 1 amide bonds. The summed E-state index contributed by atoms with van der Waals surface area (Å²) in [6.45, 7) is 2.34. The highest BCUT2D eigenvalue weighted by Crippen LogP contribution is 2.27. The van der Waals surface area contributed by atoms with Crippen molar-refractivity contribution >= 4 is 29.3 Å². The van der Waals surface area contributed by atoms with Crippen molar-refractivity contribution in [3.8, 4) is 5.75 Å². The molecule has 6 heteroatoms. The highest BCUT2D eigenvalue weighted by atomic mass is 32.2. The van der Waals surface area contributed by atoms with Crippen molar-refractivity contribution in [1.29, 1.82) is 0 Å². The van der Waals surface area contributed by atoms with Crippen molar-refractivity contribution in [2.75, 3.05) is 18.2 Å². The number of hydrogen-bond donors (Lipinski definition) is 1. The van der Waals surface area contributed by atoms with Crippen LogP contribution in [0.1, 0.15) is 28.9 Å². The highest BCUT2D eigenvalue weighted by molar-refractivity contribution is 7.98. The molecule has 0 saturated carbocycles. The van der Waals surface area contributed by atoms with Gasteiger partial charge >= 0.3 is 5.97 Å². The molecule has 5 nitrogen and oxygen atoms in total. The summed E-state index contributed by atoms with van der Waals surface area (Å²) < 4.78 is 11.2. The summed E-state index contributed by atoms with van der Waals surface area (Å²) in [6, 6.07) is 23.2. The maximum Gasteiger partial charge on any atom is 0.339 e. The topological polar surface area (TPSA) is 64.6 Å². The highest BCUT2D eigenvalue weighted by Gasteiger charge is 2.26. The molecule has 1 atom stereocenters. The molecular formula is C24H23NO4S. The molecule has 3 aromatic carbocycles. The van der Waals surface area contributed by atoms with Gasteiger partial charge in [0.1, 0.15) is 5.75 Å². The van der Waals surface area contributed by atoms with Crippen molar-refractivity contribution in [3.05, 3.63) is 90.0 Å². The zero-order valence-electron chi connectivity index (χ0n) is 16.8. The zero-order valence-corrected chi connectivity index (χ0v) is 17.6. The third kappa shape index (κ3) is 5.42. The van der Waals surface area contributed by atoms with E-state index in [1.165, 1.54) is 0 Å². The average Bonchev–Trinajstić information content (AvgIpc) is 2.79. The quantitative estimate of drug-likeness (QED) is 0.393. The Kier molecular flexibility index (Phi) is 7.51. The SMILES string of the molecule is CCOc1ccccc1NC(=O)[C@H](OC(=O)c1ccc(SC)cc1)c1ccccc1. The van der Waals surface area contributed by atoms with Gasteiger partial charge in [0, 0.05) is 10.5 Å². The van der Waals surface area contributed by atoms with Gasteiger partial charge in [-0.3, -0.25) is 4.79 Å². The lowest BCUT2D eigenvalue weighted by Gasteiger charge is -2.19. The molecule has 0 aliphatic rings. The lowest BCUT2D eigenvalue weighted by atomic mass is 10.1. The first-order valence-electron chi connectivity index (χ1n) is 9.55. The molecule has 0 aliphatic carbocycles. The number of esters is 1. The van der Waals surface area contributed by atoms with Crippen LogP contribution < -0.4 is 10.1 Å². The fourth-order valence-electron chi connectivity index (χ4n) is 2.85. The van der Waals surface area contributed by atoms with Crippen molar-refractivity contribution < 1.29 is 19.1 Å². The van der Waals surface area contributed by atoms with Crippen LogP contribution in [0.5, 0.6) is 5.75 Å². The Bertz CT molecular complexity index is 990. The van der Waals surface area contributed by atoms with Crippen LogP contribution in [-0.4, -0.2) is 24.7 Å². The maximum absolute atomic E-state index is 13.1. The molecule has 30 heavy (non-hydrogen) atoms. The smallest absolute Gasteiger partial charge is 0.339 e. The van der Waals surface area contributed by atoms with Crippen LogP contribution >= 0.6 is 11.8 Å². The number of benzene rings is 3. The monoisotopic (exact) mass is 421 g/mol. The van der Waals surface area contributed by atoms with Crippen molar-refractivity contribution in [1.82, 2.24) is 0 Å². The summed E-state index contributed by atoms with van der Waals surface area (Å²) in [5, 5.41) is 2.82. The molecule has 3 rings (SSSR count). The summed E-state index contributed by atoms with van der Waals surface area (Å²) in [4.78, 5) is 26.8. The second kappa shape index (κ2) is 10.5. The van der Waals surface area contributed by atoms with Crippen LogP contribution in [0, 0.1) is 0 Å². The molecule has 0 radical (unpaired) electrons. The van der Waals surface area contributed by atoms with Crippen LogP contribution in [-0.2, 0) is 9.53 Å². The standard InChI is InChI=1S/C24H23NO4S/c1-3-28-21-12-8-7-11-20(21)25-23(26)22(17-9-5-4-6-10-17)29-24(27)18-13-15-19(30-2)16-14-18/h4-16,22H,3H2,1-2H3,(H,25,26)/t22-/m1/s1. The molecule has 0 saturated heterocycles.